The van der Waals surface area contributed by atoms with Crippen LogP contribution >= 0.6 is 0 Å². The average Bonchev–Trinajstić information content (AvgIpc) is 3.48. The van der Waals surface area contributed by atoms with E-state index in [0.29, 0.717) is 5.69 Å². The van der Waals surface area contributed by atoms with Crippen molar-refractivity contribution >= 4 is 35.5 Å². The molecule has 0 saturated heterocycles. The SMILES string of the molecule is NC(=O)c1ccccc1NCc1c(C(=O)N/N=C\c2ccccc2C(=O)[O-])nnn1-c1nonc1N. The summed E-state index contributed by atoms with van der Waals surface area (Å²) in [6, 6.07) is 12.5. The monoisotopic (exact) mass is 489 g/mol. The van der Waals surface area contributed by atoms with Crippen LogP contribution in [0.3, 0.4) is 0 Å². The Morgan fingerprint density at radius 2 is 1.81 bits per heavy atom. The van der Waals surface area contributed by atoms with E-state index in [0.717, 1.165) is 10.9 Å². The topological polar surface area (TPSA) is 232 Å². The van der Waals surface area contributed by atoms with Gasteiger partial charge in [-0.25, -0.2) is 10.1 Å². The van der Waals surface area contributed by atoms with Crippen LogP contribution in [0.15, 0.2) is 58.3 Å². The molecule has 0 spiro atoms. The van der Waals surface area contributed by atoms with E-state index < -0.39 is 17.8 Å². The van der Waals surface area contributed by atoms with Crippen LogP contribution in [0, 0.1) is 0 Å². The summed E-state index contributed by atoms with van der Waals surface area (Å²) in [6.45, 7) is -0.0798. The first-order valence-corrected chi connectivity index (χ1v) is 10.2. The van der Waals surface area contributed by atoms with Gasteiger partial charge in [0.15, 0.2) is 5.69 Å². The molecule has 0 aliphatic rings. The summed E-state index contributed by atoms with van der Waals surface area (Å²) in [7, 11) is 0. The Hall–Kier alpha value is -5.60. The van der Waals surface area contributed by atoms with Crippen molar-refractivity contribution in [1.82, 2.24) is 30.7 Å². The number of nitrogens with one attached hydrogen (secondary N) is 2. The molecular weight excluding hydrogens is 472 g/mol. The van der Waals surface area contributed by atoms with Crippen LogP contribution in [0.1, 0.15) is 42.5 Å². The highest BCUT2D eigenvalue weighted by molar-refractivity contribution is 5.99. The minimum atomic E-state index is -1.39. The van der Waals surface area contributed by atoms with Crippen molar-refractivity contribution in [3.8, 4) is 5.82 Å². The van der Waals surface area contributed by atoms with Gasteiger partial charge in [-0.1, -0.05) is 41.6 Å². The molecule has 4 aromatic rings. The number of carbonyl (C=O) groups excluding carboxylic acids is 3. The summed E-state index contributed by atoms with van der Waals surface area (Å²) in [5.41, 5.74) is 14.2. The normalized spacial score (nSPS) is 10.9. The van der Waals surface area contributed by atoms with E-state index in [9.17, 15) is 19.5 Å². The predicted molar refractivity (Wildman–Crippen MR) is 122 cm³/mol. The first-order valence-electron chi connectivity index (χ1n) is 10.2. The molecule has 4 rings (SSSR count). The molecule has 15 heteroatoms. The van der Waals surface area contributed by atoms with Gasteiger partial charge >= 0.3 is 0 Å². The summed E-state index contributed by atoms with van der Waals surface area (Å²) in [4.78, 5) is 35.8. The molecule has 2 aromatic heterocycles. The molecule has 0 bridgehead atoms. The molecule has 0 radical (unpaired) electrons. The van der Waals surface area contributed by atoms with Crippen molar-refractivity contribution in [3.05, 3.63) is 76.6 Å². The third-order valence-electron chi connectivity index (χ3n) is 4.86. The second-order valence-corrected chi connectivity index (χ2v) is 7.11. The van der Waals surface area contributed by atoms with Gasteiger partial charge in [-0.15, -0.1) is 5.10 Å². The van der Waals surface area contributed by atoms with Crippen molar-refractivity contribution < 1.29 is 24.1 Å². The van der Waals surface area contributed by atoms with Crippen LogP contribution in [0.5, 0.6) is 0 Å². The van der Waals surface area contributed by atoms with Gasteiger partial charge in [0.1, 0.15) is 0 Å². The molecule has 15 nitrogen and oxygen atoms in total. The van der Waals surface area contributed by atoms with E-state index in [1.54, 1.807) is 24.3 Å². The number of anilines is 2. The Morgan fingerprint density at radius 3 is 2.50 bits per heavy atom. The Labute approximate surface area is 201 Å². The third kappa shape index (κ3) is 4.84. The number of para-hydroxylation sites is 1. The maximum absolute atomic E-state index is 12.9. The first-order chi connectivity index (χ1) is 17.4. The average molecular weight is 489 g/mol. The zero-order chi connectivity index (χ0) is 25.7. The zero-order valence-electron chi connectivity index (χ0n) is 18.3. The molecule has 36 heavy (non-hydrogen) atoms. The number of nitrogens with zero attached hydrogens (tertiary/aromatic N) is 6. The quantitative estimate of drug-likeness (QED) is 0.166. The van der Waals surface area contributed by atoms with Gasteiger partial charge in [0.05, 0.1) is 30.0 Å². The molecule has 0 aliphatic carbocycles. The fraction of sp³-hybridized carbons (Fsp3) is 0.0476. The van der Waals surface area contributed by atoms with Gasteiger partial charge in [0.2, 0.25) is 11.6 Å². The predicted octanol–water partition coefficient (Wildman–Crippen LogP) is -0.929. The lowest BCUT2D eigenvalue weighted by Crippen LogP contribution is -2.24. The second-order valence-electron chi connectivity index (χ2n) is 7.11. The van der Waals surface area contributed by atoms with Gasteiger partial charge in [-0.05, 0) is 22.4 Å². The number of aromatic nitrogens is 5. The van der Waals surface area contributed by atoms with Crippen molar-refractivity contribution in [2.75, 3.05) is 11.1 Å². The molecule has 0 aliphatic heterocycles. The number of hydrogen-bond acceptors (Lipinski definition) is 12. The summed E-state index contributed by atoms with van der Waals surface area (Å²) in [5.74, 6) is -2.96. The minimum Gasteiger partial charge on any atom is -0.545 e. The van der Waals surface area contributed by atoms with Gasteiger partial charge in [-0.2, -0.15) is 9.78 Å². The molecule has 6 N–H and O–H groups in total. The molecule has 0 unspecified atom stereocenters. The lowest BCUT2D eigenvalue weighted by atomic mass is 10.1. The lowest BCUT2D eigenvalue weighted by molar-refractivity contribution is -0.255. The third-order valence-corrected chi connectivity index (χ3v) is 4.86. The maximum Gasteiger partial charge on any atom is 0.293 e. The van der Waals surface area contributed by atoms with Gasteiger partial charge < -0.3 is 26.7 Å². The Kier molecular flexibility index (Phi) is 6.62. The zero-order valence-corrected chi connectivity index (χ0v) is 18.3. The molecule has 2 aromatic carbocycles. The molecule has 0 fully saturated rings. The van der Waals surface area contributed by atoms with Crippen molar-refractivity contribution in [1.29, 1.82) is 0 Å². The first kappa shape index (κ1) is 23.6. The van der Waals surface area contributed by atoms with Crippen molar-refractivity contribution in [2.45, 2.75) is 6.54 Å². The fourth-order valence-electron chi connectivity index (χ4n) is 3.18. The van der Waals surface area contributed by atoms with E-state index in [-0.39, 0.29) is 46.3 Å². The second kappa shape index (κ2) is 10.1. The molecule has 2 heterocycles. The van der Waals surface area contributed by atoms with Crippen LogP contribution in [-0.4, -0.2) is 49.3 Å². The number of hydrazone groups is 1. The lowest BCUT2D eigenvalue weighted by Gasteiger charge is -2.11. The molecule has 0 saturated carbocycles. The summed E-state index contributed by atoms with van der Waals surface area (Å²) in [6.07, 6.45) is 1.15. The molecule has 182 valence electrons. The van der Waals surface area contributed by atoms with Gasteiger partial charge in [-0.3, -0.25) is 9.59 Å². The standard InChI is InChI=1S/C21H18N10O5/c22-17-19(29-36-28-17)31-15(10-24-14-8-4-3-7-13(14)18(23)32)16(26-30-31)20(33)27-25-9-11-5-1-2-6-12(11)21(34)35/h1-9,24H,10H2,(H2,22,28)(H2,23,32)(H,27,33)(H,34,35)/p-1/b25-9-. The Morgan fingerprint density at radius 1 is 1.08 bits per heavy atom. The Bertz CT molecular complexity index is 1480. The van der Waals surface area contributed by atoms with E-state index >= 15 is 0 Å². The number of carboxylic acids is 1. The summed E-state index contributed by atoms with van der Waals surface area (Å²) in [5, 5.41) is 33.0. The molecular formula is C21H17N10O5-. The van der Waals surface area contributed by atoms with Crippen LogP contribution < -0.4 is 27.3 Å². The largest absolute Gasteiger partial charge is 0.545 e. The van der Waals surface area contributed by atoms with E-state index in [1.165, 1.54) is 24.3 Å². The summed E-state index contributed by atoms with van der Waals surface area (Å²) < 4.78 is 5.74. The number of aromatic carboxylic acids is 1. The molecule has 0 atom stereocenters. The van der Waals surface area contributed by atoms with E-state index in [1.807, 2.05) is 0 Å². The minimum absolute atomic E-state index is 0.0204. The van der Waals surface area contributed by atoms with Crippen LogP contribution in [0.4, 0.5) is 11.5 Å². The number of rotatable bonds is 9. The number of benzene rings is 2. The van der Waals surface area contributed by atoms with Crippen LogP contribution in [0.25, 0.3) is 5.82 Å². The number of nitrogens with two attached hydrogens (primary N) is 2. The van der Waals surface area contributed by atoms with Crippen molar-refractivity contribution in [2.24, 2.45) is 10.8 Å². The van der Waals surface area contributed by atoms with Crippen LogP contribution in [-0.2, 0) is 6.54 Å². The highest BCUT2D eigenvalue weighted by atomic mass is 16.6. The number of amides is 2. The number of hydrogen-bond donors (Lipinski definition) is 4. The van der Waals surface area contributed by atoms with Crippen molar-refractivity contribution in [3.63, 3.8) is 0 Å². The number of carbonyl (C=O) groups is 3. The van der Waals surface area contributed by atoms with E-state index in [4.69, 9.17) is 11.5 Å². The fourth-order valence-corrected chi connectivity index (χ4v) is 3.18. The number of primary amides is 1. The highest BCUT2D eigenvalue weighted by Crippen LogP contribution is 2.19. The van der Waals surface area contributed by atoms with Gasteiger partial charge in [0.25, 0.3) is 11.8 Å². The highest BCUT2D eigenvalue weighted by Gasteiger charge is 2.24. The Balaban J connectivity index is 1.62. The molecule has 2 amide bonds. The number of nitrogen functional groups attached to an aromatic ring is 1. The smallest absolute Gasteiger partial charge is 0.293 e. The summed E-state index contributed by atoms with van der Waals surface area (Å²) >= 11 is 0. The maximum atomic E-state index is 12.9. The number of carboxylic acid groups (broad SMARTS) is 1. The van der Waals surface area contributed by atoms with Gasteiger partial charge in [0, 0.05) is 16.8 Å². The van der Waals surface area contributed by atoms with Crippen LogP contribution in [0.2, 0.25) is 0 Å². The van der Waals surface area contributed by atoms with E-state index in [2.05, 4.69) is 41.1 Å².